The number of hydrogen-bond donors (Lipinski definition) is 0. The van der Waals surface area contributed by atoms with Crippen LogP contribution in [0.2, 0.25) is 5.02 Å². The molecular weight excluding hydrogens is 474 g/mol. The first-order valence-corrected chi connectivity index (χ1v) is 12.4. The van der Waals surface area contributed by atoms with Gasteiger partial charge < -0.3 is 9.64 Å². The molecule has 0 spiro atoms. The molecule has 3 aromatic rings. The van der Waals surface area contributed by atoms with E-state index >= 15 is 0 Å². The fourth-order valence-corrected chi connectivity index (χ4v) is 6.09. The maximum absolute atomic E-state index is 13.2. The minimum atomic E-state index is -0.0291. The fraction of sp³-hybridized carbons (Fsp3) is 0.120. The Labute approximate surface area is 206 Å². The zero-order valence-electron chi connectivity index (χ0n) is 18.0. The van der Waals surface area contributed by atoms with Crippen LogP contribution in [0.5, 0.6) is 11.5 Å². The molecule has 0 saturated carbocycles. The average molecular weight is 494 g/mol. The van der Waals surface area contributed by atoms with Gasteiger partial charge in [-0.3, -0.25) is 9.69 Å². The van der Waals surface area contributed by atoms with Crippen LogP contribution in [0.4, 0.5) is 11.4 Å². The number of ether oxygens (including phenoxy) is 1. The Morgan fingerprint density at radius 3 is 2.42 bits per heavy atom. The Hall–Kier alpha value is -2.87. The predicted octanol–water partition coefficient (Wildman–Crippen LogP) is 7.13. The van der Waals surface area contributed by atoms with E-state index in [2.05, 4.69) is 0 Å². The quantitative estimate of drug-likeness (QED) is 0.362. The van der Waals surface area contributed by atoms with Crippen molar-refractivity contribution in [1.29, 1.82) is 0 Å². The smallest absolute Gasteiger partial charge is 0.269 e. The molecule has 0 aromatic heterocycles. The van der Waals surface area contributed by atoms with Gasteiger partial charge in [0.25, 0.3) is 5.91 Å². The number of anilines is 1. The second-order valence-corrected chi connectivity index (χ2v) is 9.81. The van der Waals surface area contributed by atoms with Gasteiger partial charge in [0, 0.05) is 23.5 Å². The molecule has 3 aromatic carbocycles. The number of amidine groups is 1. The predicted molar refractivity (Wildman–Crippen MR) is 138 cm³/mol. The monoisotopic (exact) mass is 493 g/mol. The number of para-hydroxylation sites is 1. The average Bonchev–Trinajstić information content (AvgIpc) is 3.31. The Morgan fingerprint density at radius 2 is 1.70 bits per heavy atom. The number of benzene rings is 3. The summed E-state index contributed by atoms with van der Waals surface area (Å²) in [5, 5.41) is 2.25. The Balaban J connectivity index is 1.40. The van der Waals surface area contributed by atoms with E-state index in [0.717, 1.165) is 32.8 Å². The number of aliphatic imine (C=N–C) groups is 1. The standard InChI is InChI=1S/C25H20ClN3O2S2/c1-3-29-23(30)22(24-28(2)20-15-16(26)9-14-21(20)32-24)33-25(29)27-17-10-12-19(13-11-17)31-18-7-5-4-6-8-18/h4-15H,3H2,1-2H3/b24-22-,27-25?. The largest absolute Gasteiger partial charge is 0.457 e. The Bertz CT molecular complexity index is 1280. The number of fused-ring (bicyclic) bond motifs is 1. The molecule has 1 saturated heterocycles. The molecule has 2 aliphatic heterocycles. The molecule has 5 rings (SSSR count). The lowest BCUT2D eigenvalue weighted by Gasteiger charge is -2.15. The van der Waals surface area contributed by atoms with Crippen LogP contribution in [0.15, 0.2) is 92.6 Å². The third-order valence-electron chi connectivity index (χ3n) is 5.21. The van der Waals surface area contributed by atoms with Crippen molar-refractivity contribution >= 4 is 57.6 Å². The fourth-order valence-electron chi connectivity index (χ4n) is 3.54. The molecule has 2 aliphatic rings. The van der Waals surface area contributed by atoms with Crippen molar-refractivity contribution in [1.82, 2.24) is 4.90 Å². The first kappa shape index (κ1) is 21.9. The molecule has 0 radical (unpaired) electrons. The molecule has 0 unspecified atom stereocenters. The van der Waals surface area contributed by atoms with Gasteiger partial charge in [-0.2, -0.15) is 0 Å². The molecule has 0 atom stereocenters. The number of likely N-dealkylation sites (N-methyl/N-ethyl adjacent to an activating group) is 1. The van der Waals surface area contributed by atoms with E-state index in [1.54, 1.807) is 16.7 Å². The lowest BCUT2D eigenvalue weighted by Crippen LogP contribution is -2.29. The van der Waals surface area contributed by atoms with Gasteiger partial charge in [-0.1, -0.05) is 41.6 Å². The molecule has 0 N–H and O–H groups in total. The van der Waals surface area contributed by atoms with Gasteiger partial charge in [0.05, 0.1) is 16.4 Å². The van der Waals surface area contributed by atoms with Crippen molar-refractivity contribution in [3.05, 3.63) is 87.8 Å². The maximum atomic E-state index is 13.2. The van der Waals surface area contributed by atoms with Crippen molar-refractivity contribution in [3.63, 3.8) is 0 Å². The van der Waals surface area contributed by atoms with Gasteiger partial charge in [-0.15, -0.1) is 0 Å². The van der Waals surface area contributed by atoms with Gasteiger partial charge in [-0.25, -0.2) is 4.99 Å². The third-order valence-corrected chi connectivity index (χ3v) is 7.88. The molecule has 33 heavy (non-hydrogen) atoms. The summed E-state index contributed by atoms with van der Waals surface area (Å²) < 4.78 is 5.85. The van der Waals surface area contributed by atoms with Crippen molar-refractivity contribution in [2.24, 2.45) is 4.99 Å². The first-order chi connectivity index (χ1) is 16.0. The highest BCUT2D eigenvalue weighted by molar-refractivity contribution is 8.19. The van der Waals surface area contributed by atoms with Crippen LogP contribution in [0, 0.1) is 0 Å². The van der Waals surface area contributed by atoms with Gasteiger partial charge in [0.15, 0.2) is 5.17 Å². The molecular formula is C25H20ClN3O2S2. The van der Waals surface area contributed by atoms with Crippen molar-refractivity contribution in [2.45, 2.75) is 11.8 Å². The van der Waals surface area contributed by atoms with Gasteiger partial charge in [-0.05, 0) is 73.3 Å². The first-order valence-electron chi connectivity index (χ1n) is 10.4. The number of rotatable bonds is 4. The Kier molecular flexibility index (Phi) is 6.10. The number of hydrogen-bond acceptors (Lipinski definition) is 6. The molecule has 5 nitrogen and oxygen atoms in total. The van der Waals surface area contributed by atoms with Gasteiger partial charge in [0.2, 0.25) is 0 Å². The number of thioether (sulfide) groups is 2. The number of amides is 1. The molecule has 1 amide bonds. The molecule has 0 bridgehead atoms. The number of nitrogens with zero attached hydrogens (tertiary/aromatic N) is 3. The number of carbonyl (C=O) groups is 1. The molecule has 0 aliphatic carbocycles. The highest BCUT2D eigenvalue weighted by atomic mass is 35.5. The summed E-state index contributed by atoms with van der Waals surface area (Å²) >= 11 is 9.17. The molecule has 166 valence electrons. The van der Waals surface area contributed by atoms with Crippen molar-refractivity contribution in [3.8, 4) is 11.5 Å². The van der Waals surface area contributed by atoms with Crippen molar-refractivity contribution in [2.75, 3.05) is 18.5 Å². The van der Waals surface area contributed by atoms with E-state index in [-0.39, 0.29) is 5.91 Å². The van der Waals surface area contributed by atoms with E-state index in [0.29, 0.717) is 21.6 Å². The van der Waals surface area contributed by atoms with E-state index < -0.39 is 0 Å². The normalized spacial score (nSPS) is 18.9. The van der Waals surface area contributed by atoms with Crippen LogP contribution in [-0.4, -0.2) is 29.6 Å². The topological polar surface area (TPSA) is 45.1 Å². The second kappa shape index (κ2) is 9.17. The highest BCUT2D eigenvalue weighted by Crippen LogP contribution is 2.50. The van der Waals surface area contributed by atoms with Crippen LogP contribution in [0.1, 0.15) is 6.92 Å². The van der Waals surface area contributed by atoms with E-state index in [1.165, 1.54) is 11.8 Å². The van der Waals surface area contributed by atoms with Gasteiger partial charge >= 0.3 is 0 Å². The summed E-state index contributed by atoms with van der Waals surface area (Å²) in [5.41, 5.74) is 1.77. The number of carbonyl (C=O) groups excluding carboxylic acids is 1. The van der Waals surface area contributed by atoms with E-state index in [1.807, 2.05) is 91.7 Å². The van der Waals surface area contributed by atoms with Crippen LogP contribution < -0.4 is 9.64 Å². The Morgan fingerprint density at radius 1 is 0.970 bits per heavy atom. The zero-order valence-corrected chi connectivity index (χ0v) is 20.4. The van der Waals surface area contributed by atoms with Crippen LogP contribution in [0.3, 0.4) is 0 Å². The summed E-state index contributed by atoms with van der Waals surface area (Å²) in [4.78, 5) is 23.5. The zero-order chi connectivity index (χ0) is 22.9. The maximum Gasteiger partial charge on any atom is 0.269 e. The minimum Gasteiger partial charge on any atom is -0.457 e. The van der Waals surface area contributed by atoms with E-state index in [9.17, 15) is 4.79 Å². The van der Waals surface area contributed by atoms with Crippen LogP contribution in [0.25, 0.3) is 0 Å². The minimum absolute atomic E-state index is 0.0291. The molecule has 8 heteroatoms. The van der Waals surface area contributed by atoms with Crippen LogP contribution >= 0.6 is 35.1 Å². The summed E-state index contributed by atoms with van der Waals surface area (Å²) in [6.07, 6.45) is 0. The van der Waals surface area contributed by atoms with Gasteiger partial charge in [0.1, 0.15) is 16.4 Å². The van der Waals surface area contributed by atoms with E-state index in [4.69, 9.17) is 21.3 Å². The molecule has 1 fully saturated rings. The second-order valence-electron chi connectivity index (χ2n) is 7.36. The molecule has 2 heterocycles. The summed E-state index contributed by atoms with van der Waals surface area (Å²) in [6.45, 7) is 2.50. The van der Waals surface area contributed by atoms with Crippen LogP contribution in [-0.2, 0) is 4.79 Å². The third kappa shape index (κ3) is 4.36. The lowest BCUT2D eigenvalue weighted by atomic mass is 10.3. The van der Waals surface area contributed by atoms with Crippen molar-refractivity contribution < 1.29 is 9.53 Å². The summed E-state index contributed by atoms with van der Waals surface area (Å²) in [5.74, 6) is 1.48. The summed E-state index contributed by atoms with van der Waals surface area (Å²) in [6, 6.07) is 23.0. The number of halogens is 1. The SMILES string of the molecule is CCN1C(=O)/C(=C2/Sc3ccc(Cl)cc3N2C)SC1=Nc1ccc(Oc2ccccc2)cc1. The highest BCUT2D eigenvalue weighted by Gasteiger charge is 2.38. The lowest BCUT2D eigenvalue weighted by molar-refractivity contribution is -0.122. The summed E-state index contributed by atoms with van der Waals surface area (Å²) in [7, 11) is 1.96.